The van der Waals surface area contributed by atoms with Gasteiger partial charge in [0.2, 0.25) is 0 Å². The minimum Gasteiger partial charge on any atom is -0.455 e. The first kappa shape index (κ1) is 25.0. The first-order chi connectivity index (χ1) is 14.3. The molecule has 0 fully saturated rings. The predicted molar refractivity (Wildman–Crippen MR) is 123 cm³/mol. The van der Waals surface area contributed by atoms with E-state index in [4.69, 9.17) is 9.47 Å². The van der Waals surface area contributed by atoms with Crippen LogP contribution < -0.4 is 0 Å². The minimum atomic E-state index is -0.621. The lowest BCUT2D eigenvalue weighted by Crippen LogP contribution is -2.28. The van der Waals surface area contributed by atoms with Crippen LogP contribution in [0.15, 0.2) is 0 Å². The van der Waals surface area contributed by atoms with Crippen LogP contribution in [0.25, 0.3) is 0 Å². The molecule has 0 aromatic carbocycles. The fourth-order valence-electron chi connectivity index (χ4n) is 3.81. The summed E-state index contributed by atoms with van der Waals surface area (Å²) in [7, 11) is 0. The van der Waals surface area contributed by atoms with Gasteiger partial charge in [-0.25, -0.2) is 9.59 Å². The quantitative estimate of drug-likeness (QED) is 0.429. The zero-order chi connectivity index (χ0) is 23.4. The summed E-state index contributed by atoms with van der Waals surface area (Å²) in [5, 5.41) is 0. The lowest BCUT2D eigenvalue weighted by Gasteiger charge is -2.22. The number of rotatable bonds is 6. The van der Waals surface area contributed by atoms with Gasteiger partial charge in [0.1, 0.15) is 22.6 Å². The number of esters is 2. The van der Waals surface area contributed by atoms with E-state index in [1.54, 1.807) is 0 Å². The van der Waals surface area contributed by atoms with Crippen molar-refractivity contribution in [2.75, 3.05) is 0 Å². The highest BCUT2D eigenvalue weighted by molar-refractivity contribution is 5.97. The maximum Gasteiger partial charge on any atom is 0.355 e. The summed E-state index contributed by atoms with van der Waals surface area (Å²) in [4.78, 5) is 26.7. The number of carbonyl (C=O) groups is 2. The molecule has 1 aromatic rings. The molecule has 0 atom stereocenters. The summed E-state index contributed by atoms with van der Waals surface area (Å²) in [5.74, 6) is 6.12. The zero-order valence-corrected chi connectivity index (χ0v) is 20.6. The normalized spacial score (nSPS) is 14.2. The van der Waals surface area contributed by atoms with Gasteiger partial charge in [-0.2, -0.15) is 0 Å². The minimum absolute atomic E-state index is 0.378. The average molecular weight is 430 g/mol. The second-order valence-corrected chi connectivity index (χ2v) is 10.7. The molecule has 0 amide bonds. The average Bonchev–Trinajstić information content (AvgIpc) is 2.84. The van der Waals surface area contributed by atoms with Gasteiger partial charge in [0.15, 0.2) is 0 Å². The maximum absolute atomic E-state index is 13.3. The number of ether oxygens (including phenoxy) is 2. The monoisotopic (exact) mass is 429 g/mol. The molecule has 0 spiro atoms. The molecule has 0 radical (unpaired) electrons. The van der Waals surface area contributed by atoms with Crippen molar-refractivity contribution in [3.8, 4) is 11.8 Å². The highest BCUT2D eigenvalue weighted by Gasteiger charge is 2.34. The van der Waals surface area contributed by atoms with Crippen LogP contribution in [0.1, 0.15) is 113 Å². The largest absolute Gasteiger partial charge is 0.455 e. The molecule has 0 saturated carbocycles. The third-order valence-electron chi connectivity index (χ3n) is 4.95. The molecule has 31 heavy (non-hydrogen) atoms. The molecule has 0 saturated heterocycles. The van der Waals surface area contributed by atoms with Crippen LogP contribution in [0.4, 0.5) is 0 Å². The fraction of sp³-hybridized carbons (Fsp3) is 0.692. The maximum atomic E-state index is 13.3. The molecule has 172 valence electrons. The van der Waals surface area contributed by atoms with Gasteiger partial charge in [0.25, 0.3) is 0 Å². The number of aromatic nitrogens is 1. The van der Waals surface area contributed by atoms with E-state index in [1.165, 1.54) is 0 Å². The molecule has 1 aliphatic carbocycles. The van der Waals surface area contributed by atoms with Gasteiger partial charge < -0.3 is 14.0 Å². The molecule has 0 N–H and O–H groups in total. The Bertz CT molecular complexity index is 805. The molecular formula is C26H39NO4. The molecule has 2 rings (SSSR count). The van der Waals surface area contributed by atoms with Crippen LogP contribution in [0.5, 0.6) is 0 Å². The third-order valence-corrected chi connectivity index (χ3v) is 4.95. The summed E-state index contributed by atoms with van der Waals surface area (Å²) in [5.41, 5.74) is 1.55. The van der Waals surface area contributed by atoms with Gasteiger partial charge in [0.05, 0.1) is 0 Å². The van der Waals surface area contributed by atoms with Crippen molar-refractivity contribution < 1.29 is 19.1 Å². The Labute approximate surface area is 187 Å². The standard InChI is InChI=1S/C26H39NO4/c1-18(2)14-13-17-27-21(23(28)30-25(3,4)5)19-15-11-9-10-12-16-20(19)22(27)24(29)31-26(6,7)8/h18H,11-17H2,1-8H3. The Morgan fingerprint density at radius 2 is 1.29 bits per heavy atom. The SMILES string of the molecule is CC(C)CCCn1c(C(=O)OC(C)(C)C)c2c(c1C(=O)OC(C)(C)C)CCC#CCC2. The van der Waals surface area contributed by atoms with Crippen molar-refractivity contribution in [1.29, 1.82) is 0 Å². The number of fused-ring (bicyclic) bond motifs is 1. The summed E-state index contributed by atoms with van der Waals surface area (Å²) >= 11 is 0. The topological polar surface area (TPSA) is 57.5 Å². The summed E-state index contributed by atoms with van der Waals surface area (Å²) < 4.78 is 13.4. The highest BCUT2D eigenvalue weighted by Crippen LogP contribution is 2.31. The molecule has 1 aliphatic rings. The number of carbonyl (C=O) groups excluding carboxylic acids is 2. The zero-order valence-electron chi connectivity index (χ0n) is 20.6. The van der Waals surface area contributed by atoms with Crippen molar-refractivity contribution in [2.24, 2.45) is 5.92 Å². The van der Waals surface area contributed by atoms with Gasteiger partial charge in [-0.05, 0) is 84.3 Å². The lowest BCUT2D eigenvalue weighted by atomic mass is 9.97. The number of hydrogen-bond donors (Lipinski definition) is 0. The fourth-order valence-corrected chi connectivity index (χ4v) is 3.81. The Hall–Kier alpha value is -2.22. The Morgan fingerprint density at radius 3 is 1.65 bits per heavy atom. The van der Waals surface area contributed by atoms with Crippen molar-refractivity contribution >= 4 is 11.9 Å². The van der Waals surface area contributed by atoms with E-state index < -0.39 is 11.2 Å². The smallest absolute Gasteiger partial charge is 0.355 e. The van der Waals surface area contributed by atoms with Crippen molar-refractivity contribution in [1.82, 2.24) is 4.57 Å². The predicted octanol–water partition coefficient (Wildman–Crippen LogP) is 5.72. The van der Waals surface area contributed by atoms with Gasteiger partial charge in [-0.1, -0.05) is 13.8 Å². The van der Waals surface area contributed by atoms with Crippen molar-refractivity contribution in [3.63, 3.8) is 0 Å². The van der Waals surface area contributed by atoms with E-state index in [-0.39, 0.29) is 11.9 Å². The van der Waals surface area contributed by atoms with E-state index in [0.29, 0.717) is 49.5 Å². The molecule has 1 heterocycles. The van der Waals surface area contributed by atoms with E-state index in [9.17, 15) is 9.59 Å². The van der Waals surface area contributed by atoms with E-state index in [0.717, 1.165) is 24.0 Å². The van der Waals surface area contributed by atoms with E-state index in [1.807, 2.05) is 46.1 Å². The highest BCUT2D eigenvalue weighted by atomic mass is 16.6. The second kappa shape index (κ2) is 9.94. The molecular weight excluding hydrogens is 390 g/mol. The second-order valence-electron chi connectivity index (χ2n) is 10.7. The molecule has 0 aliphatic heterocycles. The molecule has 0 unspecified atom stereocenters. The van der Waals surface area contributed by atoms with Crippen LogP contribution in [0.3, 0.4) is 0 Å². The Morgan fingerprint density at radius 1 is 0.871 bits per heavy atom. The van der Waals surface area contributed by atoms with Crippen LogP contribution in [0, 0.1) is 17.8 Å². The lowest BCUT2D eigenvalue weighted by molar-refractivity contribution is 0.00493. The van der Waals surface area contributed by atoms with Crippen molar-refractivity contribution in [3.05, 3.63) is 22.5 Å². The van der Waals surface area contributed by atoms with Gasteiger partial charge in [0, 0.05) is 19.4 Å². The first-order valence-electron chi connectivity index (χ1n) is 11.5. The van der Waals surface area contributed by atoms with Crippen LogP contribution in [-0.4, -0.2) is 27.7 Å². The summed E-state index contributed by atoms with van der Waals surface area (Å²) in [6.07, 6.45) is 4.45. The van der Waals surface area contributed by atoms with Crippen LogP contribution in [-0.2, 0) is 28.9 Å². The van der Waals surface area contributed by atoms with Gasteiger partial charge in [-0.3, -0.25) is 0 Å². The molecule has 1 aromatic heterocycles. The van der Waals surface area contributed by atoms with Crippen LogP contribution in [0.2, 0.25) is 0 Å². The Kier molecular flexibility index (Phi) is 8.03. The van der Waals surface area contributed by atoms with Gasteiger partial charge in [-0.15, -0.1) is 11.8 Å². The third kappa shape index (κ3) is 7.16. The summed E-state index contributed by atoms with van der Waals surface area (Å²) in [6, 6.07) is 0. The molecule has 5 nitrogen and oxygen atoms in total. The van der Waals surface area contributed by atoms with Crippen LogP contribution >= 0.6 is 0 Å². The first-order valence-corrected chi connectivity index (χ1v) is 11.5. The molecule has 0 bridgehead atoms. The van der Waals surface area contributed by atoms with E-state index >= 15 is 0 Å². The molecule has 5 heteroatoms. The number of nitrogens with zero attached hydrogens (tertiary/aromatic N) is 1. The Balaban J connectivity index is 2.65. The summed E-state index contributed by atoms with van der Waals surface area (Å²) in [6.45, 7) is 16.1. The van der Waals surface area contributed by atoms with Crippen molar-refractivity contribution in [2.45, 2.75) is 112 Å². The van der Waals surface area contributed by atoms with Gasteiger partial charge >= 0.3 is 11.9 Å². The van der Waals surface area contributed by atoms with E-state index in [2.05, 4.69) is 25.7 Å². The number of hydrogen-bond acceptors (Lipinski definition) is 4.